The lowest BCUT2D eigenvalue weighted by atomic mass is 10.2. The second-order valence-corrected chi connectivity index (χ2v) is 5.93. The summed E-state index contributed by atoms with van der Waals surface area (Å²) in [5, 5.41) is 5.36. The van der Waals surface area contributed by atoms with E-state index in [1.807, 2.05) is 31.4 Å². The highest BCUT2D eigenvalue weighted by molar-refractivity contribution is 9.10. The van der Waals surface area contributed by atoms with Crippen LogP contribution in [0.3, 0.4) is 0 Å². The lowest BCUT2D eigenvalue weighted by Gasteiger charge is -2.09. The number of nitrogens with one attached hydrogen (secondary N) is 2. The largest absolute Gasteiger partial charge is 0.347 e. The van der Waals surface area contributed by atoms with E-state index < -0.39 is 0 Å². The molecule has 104 valence electrons. The lowest BCUT2D eigenvalue weighted by Crippen LogP contribution is -2.33. The maximum atomic E-state index is 11.7. The molecule has 0 saturated heterocycles. The Hall–Kier alpha value is -1.01. The molecule has 1 aromatic rings. The van der Waals surface area contributed by atoms with Crippen molar-refractivity contribution in [3.63, 3.8) is 0 Å². The summed E-state index contributed by atoms with van der Waals surface area (Å²) in [7, 11) is 0. The molecule has 0 bridgehead atoms. The number of hydrogen-bond donors (Lipinski definition) is 2. The first-order valence-electron chi connectivity index (χ1n) is 5.84. The minimum atomic E-state index is -0.220. The Morgan fingerprint density at radius 1 is 1.32 bits per heavy atom. The Morgan fingerprint density at radius 3 is 2.68 bits per heavy atom. The number of carbonyl (C=O) groups is 2. The van der Waals surface area contributed by atoms with E-state index in [2.05, 4.69) is 26.6 Å². The van der Waals surface area contributed by atoms with Crippen molar-refractivity contribution in [3.8, 4) is 0 Å². The van der Waals surface area contributed by atoms with Gasteiger partial charge in [-0.05, 0) is 36.9 Å². The quantitative estimate of drug-likeness (QED) is 0.833. The third kappa shape index (κ3) is 6.11. The first-order chi connectivity index (χ1) is 9.02. The van der Waals surface area contributed by atoms with Crippen LogP contribution in [-0.2, 0) is 9.59 Å². The molecule has 0 unspecified atom stereocenters. The fourth-order valence-corrected chi connectivity index (χ4v) is 2.29. The van der Waals surface area contributed by atoms with Gasteiger partial charge in [-0.2, -0.15) is 11.8 Å². The molecular weight excluding hydrogens is 328 g/mol. The molecule has 2 N–H and O–H groups in total. The minimum absolute atomic E-state index is 0.00270. The van der Waals surface area contributed by atoms with Crippen molar-refractivity contribution >= 4 is 45.2 Å². The summed E-state index contributed by atoms with van der Waals surface area (Å²) in [5.41, 5.74) is 1.72. The average Bonchev–Trinajstić information content (AvgIpc) is 2.37. The maximum Gasteiger partial charge on any atom is 0.243 e. The lowest BCUT2D eigenvalue weighted by molar-refractivity contribution is -0.123. The van der Waals surface area contributed by atoms with Gasteiger partial charge in [0.05, 0.1) is 6.54 Å². The molecule has 1 rings (SSSR count). The normalized spacial score (nSPS) is 10.1. The molecule has 2 amide bonds. The van der Waals surface area contributed by atoms with Gasteiger partial charge in [0.25, 0.3) is 0 Å². The fraction of sp³-hybridized carbons (Fsp3) is 0.385. The van der Waals surface area contributed by atoms with Crippen LogP contribution in [-0.4, -0.2) is 30.4 Å². The molecule has 19 heavy (non-hydrogen) atoms. The van der Waals surface area contributed by atoms with Crippen molar-refractivity contribution in [1.29, 1.82) is 0 Å². The number of rotatable bonds is 6. The van der Waals surface area contributed by atoms with Gasteiger partial charge in [0, 0.05) is 22.3 Å². The van der Waals surface area contributed by atoms with Gasteiger partial charge in [0.1, 0.15) is 0 Å². The van der Waals surface area contributed by atoms with Gasteiger partial charge < -0.3 is 10.6 Å². The van der Waals surface area contributed by atoms with Crippen LogP contribution < -0.4 is 10.6 Å². The second kappa shape index (κ2) is 8.22. The van der Waals surface area contributed by atoms with Crippen LogP contribution in [0, 0.1) is 6.92 Å². The number of anilines is 1. The summed E-state index contributed by atoms with van der Waals surface area (Å²) in [6, 6.07) is 5.61. The summed E-state index contributed by atoms with van der Waals surface area (Å²) in [4.78, 5) is 23.0. The predicted octanol–water partition coefficient (Wildman–Crippen LogP) is 2.57. The summed E-state index contributed by atoms with van der Waals surface area (Å²) >= 11 is 4.97. The molecule has 1 aromatic carbocycles. The topological polar surface area (TPSA) is 58.2 Å². The van der Waals surface area contributed by atoms with Crippen LogP contribution >= 0.6 is 27.7 Å². The van der Waals surface area contributed by atoms with Crippen molar-refractivity contribution in [1.82, 2.24) is 5.32 Å². The highest BCUT2D eigenvalue weighted by atomic mass is 79.9. The standard InChI is InChI=1S/C13H17BrN2O2S/c1-9-7-10(14)3-4-11(9)16-13(18)8-15-12(17)5-6-19-2/h3-4,7H,5-6,8H2,1-2H3,(H,15,17)(H,16,18). The Morgan fingerprint density at radius 2 is 2.05 bits per heavy atom. The van der Waals surface area contributed by atoms with E-state index in [-0.39, 0.29) is 18.4 Å². The molecule has 0 heterocycles. The van der Waals surface area contributed by atoms with Crippen molar-refractivity contribution < 1.29 is 9.59 Å². The molecule has 0 fully saturated rings. The third-order valence-corrected chi connectivity index (χ3v) is 3.55. The van der Waals surface area contributed by atoms with Gasteiger partial charge in [-0.1, -0.05) is 15.9 Å². The molecule has 0 saturated carbocycles. The summed E-state index contributed by atoms with van der Waals surface area (Å²) in [6.07, 6.45) is 2.38. The minimum Gasteiger partial charge on any atom is -0.347 e. The van der Waals surface area contributed by atoms with E-state index in [4.69, 9.17) is 0 Å². The van der Waals surface area contributed by atoms with E-state index in [0.29, 0.717) is 6.42 Å². The smallest absolute Gasteiger partial charge is 0.243 e. The Kier molecular flexibility index (Phi) is 6.94. The van der Waals surface area contributed by atoms with Crippen molar-refractivity contribution in [2.45, 2.75) is 13.3 Å². The Labute approximate surface area is 125 Å². The molecule has 4 nitrogen and oxygen atoms in total. The Balaban J connectivity index is 2.41. The monoisotopic (exact) mass is 344 g/mol. The first kappa shape index (κ1) is 16.0. The van der Waals surface area contributed by atoms with E-state index in [9.17, 15) is 9.59 Å². The van der Waals surface area contributed by atoms with E-state index in [0.717, 1.165) is 21.5 Å². The van der Waals surface area contributed by atoms with Gasteiger partial charge in [0.15, 0.2) is 0 Å². The zero-order chi connectivity index (χ0) is 14.3. The number of hydrogen-bond acceptors (Lipinski definition) is 3. The van der Waals surface area contributed by atoms with Gasteiger partial charge >= 0.3 is 0 Å². The average molecular weight is 345 g/mol. The maximum absolute atomic E-state index is 11.7. The van der Waals surface area contributed by atoms with E-state index in [1.165, 1.54) is 0 Å². The number of carbonyl (C=O) groups excluding carboxylic acids is 2. The van der Waals surface area contributed by atoms with Crippen LogP contribution in [0.4, 0.5) is 5.69 Å². The molecule has 0 spiro atoms. The molecule has 0 aliphatic rings. The van der Waals surface area contributed by atoms with Crippen LogP contribution in [0.15, 0.2) is 22.7 Å². The van der Waals surface area contributed by atoms with Crippen LogP contribution in [0.5, 0.6) is 0 Å². The molecule has 0 aromatic heterocycles. The molecule has 0 aliphatic heterocycles. The second-order valence-electron chi connectivity index (χ2n) is 4.03. The Bertz CT molecular complexity index is 466. The highest BCUT2D eigenvalue weighted by Gasteiger charge is 2.07. The van der Waals surface area contributed by atoms with Crippen LogP contribution in [0.1, 0.15) is 12.0 Å². The van der Waals surface area contributed by atoms with E-state index in [1.54, 1.807) is 11.8 Å². The zero-order valence-electron chi connectivity index (χ0n) is 11.0. The van der Waals surface area contributed by atoms with Gasteiger partial charge in [-0.15, -0.1) is 0 Å². The number of halogens is 1. The predicted molar refractivity (Wildman–Crippen MR) is 83.5 cm³/mol. The number of thioether (sulfide) groups is 1. The fourth-order valence-electron chi connectivity index (χ4n) is 1.42. The summed E-state index contributed by atoms with van der Waals surface area (Å²) < 4.78 is 0.966. The van der Waals surface area contributed by atoms with Crippen LogP contribution in [0.25, 0.3) is 0 Å². The number of amides is 2. The van der Waals surface area contributed by atoms with Crippen molar-refractivity contribution in [2.75, 3.05) is 23.9 Å². The highest BCUT2D eigenvalue weighted by Crippen LogP contribution is 2.19. The molecule has 0 atom stereocenters. The van der Waals surface area contributed by atoms with Gasteiger partial charge in [-0.3, -0.25) is 9.59 Å². The number of benzene rings is 1. The molecule has 0 aliphatic carbocycles. The number of aryl methyl sites for hydroxylation is 1. The molecule has 6 heteroatoms. The van der Waals surface area contributed by atoms with Gasteiger partial charge in [-0.25, -0.2) is 0 Å². The molecular formula is C13H17BrN2O2S. The summed E-state index contributed by atoms with van der Waals surface area (Å²) in [5.74, 6) is 0.444. The van der Waals surface area contributed by atoms with Gasteiger partial charge in [0.2, 0.25) is 11.8 Å². The molecule has 0 radical (unpaired) electrons. The summed E-state index contributed by atoms with van der Waals surface area (Å²) in [6.45, 7) is 1.92. The van der Waals surface area contributed by atoms with Crippen LogP contribution in [0.2, 0.25) is 0 Å². The SMILES string of the molecule is CSCCC(=O)NCC(=O)Nc1ccc(Br)cc1C. The van der Waals surface area contributed by atoms with Crippen molar-refractivity contribution in [3.05, 3.63) is 28.2 Å². The van der Waals surface area contributed by atoms with Crippen molar-refractivity contribution in [2.24, 2.45) is 0 Å². The third-order valence-electron chi connectivity index (χ3n) is 2.44. The van der Waals surface area contributed by atoms with E-state index >= 15 is 0 Å². The zero-order valence-corrected chi connectivity index (χ0v) is 13.4. The first-order valence-corrected chi connectivity index (χ1v) is 8.03.